The predicted molar refractivity (Wildman–Crippen MR) is 79.3 cm³/mol. The van der Waals surface area contributed by atoms with E-state index in [0.29, 0.717) is 29.9 Å². The van der Waals surface area contributed by atoms with Gasteiger partial charge in [0.1, 0.15) is 0 Å². The summed E-state index contributed by atoms with van der Waals surface area (Å²) in [5.74, 6) is 1.61. The van der Waals surface area contributed by atoms with E-state index in [1.54, 1.807) is 0 Å². The fourth-order valence-corrected chi connectivity index (χ4v) is 5.58. The maximum absolute atomic E-state index is 12.0. The number of rotatable bonds is 3. The topological polar surface area (TPSA) is 38.3 Å². The van der Waals surface area contributed by atoms with Crippen LogP contribution in [0.3, 0.4) is 0 Å². The van der Waals surface area contributed by atoms with Crippen molar-refractivity contribution in [3.05, 3.63) is 0 Å². The van der Waals surface area contributed by atoms with Crippen LogP contribution in [0.5, 0.6) is 0 Å². The van der Waals surface area contributed by atoms with E-state index in [4.69, 9.17) is 4.74 Å². The van der Waals surface area contributed by atoms with Gasteiger partial charge in [-0.05, 0) is 48.3 Å². The third-order valence-electron chi connectivity index (χ3n) is 6.65. The Labute approximate surface area is 122 Å². The average Bonchev–Trinajstić information content (AvgIpc) is 2.91. The average molecular weight is 279 g/mol. The molecule has 2 bridgehead atoms. The number of hydrogen-bond donors (Lipinski definition) is 1. The lowest BCUT2D eigenvalue weighted by atomic mass is 9.59. The zero-order chi connectivity index (χ0) is 14.5. The highest BCUT2D eigenvalue weighted by atomic mass is 16.5. The van der Waals surface area contributed by atoms with Crippen molar-refractivity contribution in [2.75, 3.05) is 6.61 Å². The van der Waals surface area contributed by atoms with Crippen LogP contribution in [-0.2, 0) is 9.53 Å². The summed E-state index contributed by atoms with van der Waals surface area (Å²) in [6, 6.07) is 0.337. The standard InChI is InChI=1S/C17H29NO2/c1-5-13-12-9-11-10-17(12,7-8-20-13)15(16(11,3)4)18-14(19)6-2/h11-13,15H,5-10H2,1-4H3,(H,18,19)/t11-,12-,13-,15+,17?/m1/s1. The van der Waals surface area contributed by atoms with Gasteiger partial charge in [0.05, 0.1) is 6.10 Å². The monoisotopic (exact) mass is 279 g/mol. The molecule has 3 fully saturated rings. The lowest BCUT2D eigenvalue weighted by Gasteiger charge is -2.53. The second kappa shape index (κ2) is 4.72. The number of carbonyl (C=O) groups is 1. The quantitative estimate of drug-likeness (QED) is 0.862. The molecule has 1 unspecified atom stereocenters. The predicted octanol–water partition coefficient (Wildman–Crippen LogP) is 3.13. The fourth-order valence-electron chi connectivity index (χ4n) is 5.58. The van der Waals surface area contributed by atoms with Gasteiger partial charge in [0.15, 0.2) is 0 Å². The molecule has 2 aliphatic carbocycles. The van der Waals surface area contributed by atoms with Crippen LogP contribution in [0.1, 0.15) is 59.8 Å². The van der Waals surface area contributed by atoms with Crippen molar-refractivity contribution >= 4 is 5.91 Å². The summed E-state index contributed by atoms with van der Waals surface area (Å²) in [5.41, 5.74) is 0.537. The van der Waals surface area contributed by atoms with Crippen molar-refractivity contribution in [1.82, 2.24) is 5.32 Å². The number of carbonyl (C=O) groups excluding carboxylic acids is 1. The number of nitrogens with one attached hydrogen (secondary N) is 1. The lowest BCUT2D eigenvalue weighted by molar-refractivity contribution is -0.136. The molecule has 1 N–H and O–H groups in total. The van der Waals surface area contributed by atoms with Gasteiger partial charge in [0, 0.05) is 19.1 Å². The normalized spacial score (nSPS) is 45.2. The van der Waals surface area contributed by atoms with Crippen molar-refractivity contribution < 1.29 is 9.53 Å². The molecular formula is C17H29NO2. The summed E-state index contributed by atoms with van der Waals surface area (Å²) in [4.78, 5) is 12.0. The Bertz CT molecular complexity index is 406. The Morgan fingerprint density at radius 2 is 2.10 bits per heavy atom. The first-order valence-electron chi connectivity index (χ1n) is 8.36. The van der Waals surface area contributed by atoms with E-state index < -0.39 is 0 Å². The van der Waals surface area contributed by atoms with Gasteiger partial charge in [-0.1, -0.05) is 27.7 Å². The Morgan fingerprint density at radius 3 is 2.75 bits per heavy atom. The minimum atomic E-state index is 0.211. The molecule has 3 rings (SSSR count). The van der Waals surface area contributed by atoms with Crippen LogP contribution in [0, 0.1) is 22.7 Å². The van der Waals surface area contributed by atoms with Gasteiger partial charge < -0.3 is 10.1 Å². The van der Waals surface area contributed by atoms with E-state index in [1.165, 1.54) is 12.8 Å². The molecule has 20 heavy (non-hydrogen) atoms. The van der Waals surface area contributed by atoms with E-state index in [0.717, 1.165) is 25.4 Å². The number of amides is 1. The van der Waals surface area contributed by atoms with E-state index in [1.807, 2.05) is 6.92 Å². The Balaban J connectivity index is 1.93. The van der Waals surface area contributed by atoms with E-state index in [-0.39, 0.29) is 11.3 Å². The molecule has 1 saturated heterocycles. The van der Waals surface area contributed by atoms with Crippen LogP contribution in [0.2, 0.25) is 0 Å². The van der Waals surface area contributed by atoms with E-state index in [9.17, 15) is 4.79 Å². The minimum absolute atomic E-state index is 0.211. The van der Waals surface area contributed by atoms with Crippen LogP contribution in [-0.4, -0.2) is 24.7 Å². The highest BCUT2D eigenvalue weighted by molar-refractivity contribution is 5.76. The van der Waals surface area contributed by atoms with Gasteiger partial charge >= 0.3 is 0 Å². The van der Waals surface area contributed by atoms with Crippen molar-refractivity contribution in [2.24, 2.45) is 22.7 Å². The molecule has 114 valence electrons. The number of ether oxygens (including phenoxy) is 1. The molecule has 5 atom stereocenters. The van der Waals surface area contributed by atoms with Gasteiger partial charge in [0.25, 0.3) is 0 Å². The summed E-state index contributed by atoms with van der Waals surface area (Å²) >= 11 is 0. The van der Waals surface area contributed by atoms with Crippen LogP contribution < -0.4 is 5.32 Å². The molecule has 1 spiro atoms. The number of fused-ring (bicyclic) bond motifs is 1. The minimum Gasteiger partial charge on any atom is -0.378 e. The smallest absolute Gasteiger partial charge is 0.219 e. The summed E-state index contributed by atoms with van der Waals surface area (Å²) in [6.07, 6.45) is 5.82. The molecule has 1 amide bonds. The highest BCUT2D eigenvalue weighted by Gasteiger charge is 2.68. The van der Waals surface area contributed by atoms with E-state index in [2.05, 4.69) is 26.1 Å². The fraction of sp³-hybridized carbons (Fsp3) is 0.941. The van der Waals surface area contributed by atoms with Crippen molar-refractivity contribution in [1.29, 1.82) is 0 Å². The van der Waals surface area contributed by atoms with Gasteiger partial charge in [-0.3, -0.25) is 4.79 Å². The molecule has 3 nitrogen and oxygen atoms in total. The van der Waals surface area contributed by atoms with E-state index >= 15 is 0 Å². The molecular weight excluding hydrogens is 250 g/mol. The zero-order valence-corrected chi connectivity index (χ0v) is 13.4. The van der Waals surface area contributed by atoms with Crippen LogP contribution in [0.25, 0.3) is 0 Å². The van der Waals surface area contributed by atoms with Crippen molar-refractivity contribution in [3.8, 4) is 0 Å². The molecule has 3 aliphatic rings. The molecule has 0 aromatic heterocycles. The summed E-state index contributed by atoms with van der Waals surface area (Å²) in [7, 11) is 0. The second-order valence-electron chi connectivity index (χ2n) is 7.72. The van der Waals surface area contributed by atoms with Gasteiger partial charge in [0.2, 0.25) is 5.91 Å². The van der Waals surface area contributed by atoms with Crippen molar-refractivity contribution in [2.45, 2.75) is 71.9 Å². The zero-order valence-electron chi connectivity index (χ0n) is 13.4. The second-order valence-corrected chi connectivity index (χ2v) is 7.72. The van der Waals surface area contributed by atoms with Crippen LogP contribution in [0.15, 0.2) is 0 Å². The molecule has 3 heteroatoms. The van der Waals surface area contributed by atoms with Gasteiger partial charge in [-0.25, -0.2) is 0 Å². The third kappa shape index (κ3) is 1.78. The molecule has 0 aromatic carbocycles. The first kappa shape index (κ1) is 14.4. The highest BCUT2D eigenvalue weighted by Crippen LogP contribution is 2.68. The van der Waals surface area contributed by atoms with Gasteiger partial charge in [-0.15, -0.1) is 0 Å². The Morgan fingerprint density at radius 1 is 1.35 bits per heavy atom. The molecule has 0 aromatic rings. The number of hydrogen-bond acceptors (Lipinski definition) is 2. The summed E-state index contributed by atoms with van der Waals surface area (Å²) < 4.78 is 6.02. The Hall–Kier alpha value is -0.570. The first-order chi connectivity index (χ1) is 9.45. The maximum Gasteiger partial charge on any atom is 0.219 e. The van der Waals surface area contributed by atoms with Crippen LogP contribution in [0.4, 0.5) is 0 Å². The molecule has 1 heterocycles. The molecule has 2 saturated carbocycles. The molecule has 0 radical (unpaired) electrons. The lowest BCUT2D eigenvalue weighted by Crippen LogP contribution is -2.60. The Kier molecular flexibility index (Phi) is 3.39. The summed E-state index contributed by atoms with van der Waals surface area (Å²) in [6.45, 7) is 9.78. The third-order valence-corrected chi connectivity index (χ3v) is 6.65. The van der Waals surface area contributed by atoms with Crippen LogP contribution >= 0.6 is 0 Å². The largest absolute Gasteiger partial charge is 0.378 e. The SMILES string of the molecule is CCC(=O)N[C@H]1C(C)(C)[C@@H]2C[C@@H]3[C@@H](CC)OCCC31C2. The van der Waals surface area contributed by atoms with Crippen molar-refractivity contribution in [3.63, 3.8) is 0 Å². The first-order valence-corrected chi connectivity index (χ1v) is 8.36. The maximum atomic E-state index is 12.0. The molecule has 1 aliphatic heterocycles. The van der Waals surface area contributed by atoms with Gasteiger partial charge in [-0.2, -0.15) is 0 Å². The summed E-state index contributed by atoms with van der Waals surface area (Å²) in [5, 5.41) is 3.39.